The number of aromatic amines is 1. The first kappa shape index (κ1) is 12.0. The largest absolute Gasteiger partial charge is 0.378 e. The summed E-state index contributed by atoms with van der Waals surface area (Å²) in [7, 11) is 0. The molecular formula is C11H18N4O2. The Kier molecular flexibility index (Phi) is 4.08. The molecule has 1 saturated heterocycles. The molecule has 6 heteroatoms. The molecule has 17 heavy (non-hydrogen) atoms. The lowest BCUT2D eigenvalue weighted by Gasteiger charge is -2.08. The van der Waals surface area contributed by atoms with Gasteiger partial charge in [-0.05, 0) is 19.3 Å². The second kappa shape index (κ2) is 5.77. The van der Waals surface area contributed by atoms with Crippen molar-refractivity contribution < 1.29 is 9.53 Å². The van der Waals surface area contributed by atoms with Gasteiger partial charge in [0, 0.05) is 19.6 Å². The highest BCUT2D eigenvalue weighted by Crippen LogP contribution is 2.14. The molecule has 2 rings (SSSR count). The number of ether oxygens (including phenoxy) is 1. The summed E-state index contributed by atoms with van der Waals surface area (Å²) in [4.78, 5) is 15.7. The fourth-order valence-corrected chi connectivity index (χ4v) is 1.85. The van der Waals surface area contributed by atoms with Crippen LogP contribution in [0.2, 0.25) is 0 Å². The number of aromatic nitrogens is 3. The van der Waals surface area contributed by atoms with Crippen LogP contribution >= 0.6 is 0 Å². The molecule has 1 amide bonds. The maximum atomic E-state index is 11.7. The topological polar surface area (TPSA) is 79.9 Å². The molecule has 1 aromatic heterocycles. The van der Waals surface area contributed by atoms with Crippen LogP contribution < -0.4 is 5.32 Å². The first-order valence-electron chi connectivity index (χ1n) is 6.10. The summed E-state index contributed by atoms with van der Waals surface area (Å²) >= 11 is 0. The second-order valence-corrected chi connectivity index (χ2v) is 4.14. The molecular weight excluding hydrogens is 220 g/mol. The predicted molar refractivity (Wildman–Crippen MR) is 61.7 cm³/mol. The zero-order valence-corrected chi connectivity index (χ0v) is 10.0. The van der Waals surface area contributed by atoms with Crippen molar-refractivity contribution in [1.82, 2.24) is 20.5 Å². The van der Waals surface area contributed by atoms with E-state index < -0.39 is 0 Å². The van der Waals surface area contributed by atoms with E-state index in [4.69, 9.17) is 4.74 Å². The standard InChI is InChI=1S/C11H18N4O2/c1-2-9-13-10(15-14-9)11(16)12-6-5-8-4-3-7-17-8/h8H,2-7H2,1H3,(H,12,16)(H,13,14,15). The minimum absolute atomic E-state index is 0.217. The number of nitrogens with zero attached hydrogens (tertiary/aromatic N) is 2. The van der Waals surface area contributed by atoms with Crippen LogP contribution in [0.3, 0.4) is 0 Å². The summed E-state index contributed by atoms with van der Waals surface area (Å²) < 4.78 is 5.47. The van der Waals surface area contributed by atoms with Crippen molar-refractivity contribution in [1.29, 1.82) is 0 Å². The number of rotatable bonds is 5. The molecule has 0 aromatic carbocycles. The maximum Gasteiger partial charge on any atom is 0.290 e. The zero-order chi connectivity index (χ0) is 12.1. The lowest BCUT2D eigenvalue weighted by molar-refractivity contribution is 0.0899. The average molecular weight is 238 g/mol. The van der Waals surface area contributed by atoms with E-state index >= 15 is 0 Å². The third-order valence-electron chi connectivity index (χ3n) is 2.85. The van der Waals surface area contributed by atoms with E-state index in [-0.39, 0.29) is 11.7 Å². The Balaban J connectivity index is 1.72. The van der Waals surface area contributed by atoms with Crippen molar-refractivity contribution in [3.63, 3.8) is 0 Å². The smallest absolute Gasteiger partial charge is 0.290 e. The Bertz CT molecular complexity index is 371. The Morgan fingerprint density at radius 3 is 3.18 bits per heavy atom. The van der Waals surface area contributed by atoms with Gasteiger partial charge in [0.05, 0.1) is 6.10 Å². The molecule has 6 nitrogen and oxygen atoms in total. The van der Waals surface area contributed by atoms with E-state index in [1.165, 1.54) is 0 Å². The number of nitrogens with one attached hydrogen (secondary N) is 2. The van der Waals surface area contributed by atoms with Gasteiger partial charge in [0.1, 0.15) is 5.82 Å². The second-order valence-electron chi connectivity index (χ2n) is 4.14. The van der Waals surface area contributed by atoms with E-state index in [1.807, 2.05) is 6.92 Å². The van der Waals surface area contributed by atoms with Gasteiger partial charge < -0.3 is 10.1 Å². The highest BCUT2D eigenvalue weighted by molar-refractivity contribution is 5.90. The van der Waals surface area contributed by atoms with Gasteiger partial charge in [-0.2, -0.15) is 0 Å². The zero-order valence-electron chi connectivity index (χ0n) is 10.0. The number of hydrogen-bond donors (Lipinski definition) is 2. The summed E-state index contributed by atoms with van der Waals surface area (Å²) in [6.07, 6.45) is 4.12. The van der Waals surface area contributed by atoms with Crippen molar-refractivity contribution in [2.45, 2.75) is 38.7 Å². The molecule has 1 aromatic rings. The Morgan fingerprint density at radius 2 is 2.53 bits per heavy atom. The van der Waals surface area contributed by atoms with Gasteiger partial charge in [-0.15, -0.1) is 5.10 Å². The molecule has 0 bridgehead atoms. The van der Waals surface area contributed by atoms with E-state index in [2.05, 4.69) is 20.5 Å². The molecule has 1 fully saturated rings. The highest BCUT2D eigenvalue weighted by atomic mass is 16.5. The number of carbonyl (C=O) groups is 1. The normalized spacial score (nSPS) is 19.5. The van der Waals surface area contributed by atoms with Crippen molar-refractivity contribution in [3.8, 4) is 0 Å². The molecule has 1 aliphatic heterocycles. The molecule has 94 valence electrons. The van der Waals surface area contributed by atoms with Crippen molar-refractivity contribution in [3.05, 3.63) is 11.6 Å². The van der Waals surface area contributed by atoms with E-state index in [0.29, 0.717) is 12.6 Å². The first-order chi connectivity index (χ1) is 8.29. The molecule has 0 saturated carbocycles. The lowest BCUT2D eigenvalue weighted by atomic mass is 10.2. The summed E-state index contributed by atoms with van der Waals surface area (Å²) in [6.45, 7) is 3.42. The van der Waals surface area contributed by atoms with Gasteiger partial charge in [-0.1, -0.05) is 6.92 Å². The van der Waals surface area contributed by atoms with Crippen LogP contribution in [0.5, 0.6) is 0 Å². The summed E-state index contributed by atoms with van der Waals surface area (Å²) in [5.41, 5.74) is 0. The van der Waals surface area contributed by atoms with Crippen LogP contribution in [0.4, 0.5) is 0 Å². The molecule has 2 N–H and O–H groups in total. The van der Waals surface area contributed by atoms with Crippen LogP contribution in [0.1, 0.15) is 42.6 Å². The third-order valence-corrected chi connectivity index (χ3v) is 2.85. The maximum absolute atomic E-state index is 11.7. The van der Waals surface area contributed by atoms with Crippen molar-refractivity contribution in [2.24, 2.45) is 0 Å². The molecule has 0 radical (unpaired) electrons. The molecule has 2 heterocycles. The number of amides is 1. The monoisotopic (exact) mass is 238 g/mol. The van der Waals surface area contributed by atoms with Crippen LogP contribution in [0.15, 0.2) is 0 Å². The van der Waals surface area contributed by atoms with Crippen LogP contribution in [0, 0.1) is 0 Å². The number of carbonyl (C=O) groups excluding carboxylic acids is 1. The minimum Gasteiger partial charge on any atom is -0.378 e. The SMILES string of the molecule is CCc1nc(C(=O)NCCC2CCCO2)n[nH]1. The lowest BCUT2D eigenvalue weighted by Crippen LogP contribution is -2.27. The highest BCUT2D eigenvalue weighted by Gasteiger charge is 2.16. The number of hydrogen-bond acceptors (Lipinski definition) is 4. The molecule has 0 aliphatic carbocycles. The predicted octanol–water partition coefficient (Wildman–Crippen LogP) is 0.666. The third kappa shape index (κ3) is 3.26. The molecule has 1 aliphatic rings. The first-order valence-corrected chi connectivity index (χ1v) is 6.10. The van der Waals surface area contributed by atoms with Gasteiger partial charge in [-0.25, -0.2) is 4.98 Å². The Labute approximate surface area is 100 Å². The van der Waals surface area contributed by atoms with E-state index in [9.17, 15) is 4.79 Å². The quantitative estimate of drug-likeness (QED) is 0.790. The van der Waals surface area contributed by atoms with Crippen LogP contribution in [0.25, 0.3) is 0 Å². The van der Waals surface area contributed by atoms with Crippen LogP contribution in [-0.2, 0) is 11.2 Å². The molecule has 1 atom stereocenters. The van der Waals surface area contributed by atoms with Gasteiger partial charge in [-0.3, -0.25) is 9.89 Å². The van der Waals surface area contributed by atoms with E-state index in [0.717, 1.165) is 38.1 Å². The molecule has 0 spiro atoms. The summed E-state index contributed by atoms with van der Waals surface area (Å²) in [5, 5.41) is 9.38. The number of H-pyrrole nitrogens is 1. The summed E-state index contributed by atoms with van der Waals surface area (Å²) in [6, 6.07) is 0. The van der Waals surface area contributed by atoms with E-state index in [1.54, 1.807) is 0 Å². The molecule has 1 unspecified atom stereocenters. The fraction of sp³-hybridized carbons (Fsp3) is 0.727. The van der Waals surface area contributed by atoms with Crippen molar-refractivity contribution in [2.75, 3.05) is 13.2 Å². The average Bonchev–Trinajstić information content (AvgIpc) is 2.99. The van der Waals surface area contributed by atoms with Gasteiger partial charge in [0.25, 0.3) is 5.91 Å². The minimum atomic E-state index is -0.223. The summed E-state index contributed by atoms with van der Waals surface area (Å²) in [5.74, 6) is 0.724. The van der Waals surface area contributed by atoms with Gasteiger partial charge >= 0.3 is 0 Å². The Morgan fingerprint density at radius 1 is 1.65 bits per heavy atom. The van der Waals surface area contributed by atoms with Gasteiger partial charge in [0.15, 0.2) is 0 Å². The number of aryl methyl sites for hydroxylation is 1. The van der Waals surface area contributed by atoms with Crippen molar-refractivity contribution >= 4 is 5.91 Å². The van der Waals surface area contributed by atoms with Crippen LogP contribution in [-0.4, -0.2) is 40.3 Å². The van der Waals surface area contributed by atoms with Gasteiger partial charge in [0.2, 0.25) is 5.82 Å². The fourth-order valence-electron chi connectivity index (χ4n) is 1.85. The Hall–Kier alpha value is -1.43.